The maximum absolute atomic E-state index is 4.99. The molecule has 3 aromatic carbocycles. The van der Waals surface area contributed by atoms with E-state index in [1.807, 2.05) is 28.9 Å². The number of fused-ring (bicyclic) bond motifs is 5. The van der Waals surface area contributed by atoms with Crippen LogP contribution in [0.3, 0.4) is 0 Å². The van der Waals surface area contributed by atoms with Crippen molar-refractivity contribution in [2.45, 2.75) is 53.4 Å². The summed E-state index contributed by atoms with van der Waals surface area (Å²) in [5.74, 6) is 0.671. The summed E-state index contributed by atoms with van der Waals surface area (Å²) in [5.41, 5.74) is 5.18. The number of aryl methyl sites for hydroxylation is 1. The van der Waals surface area contributed by atoms with Crippen LogP contribution in [0.15, 0.2) is 60.8 Å². The van der Waals surface area contributed by atoms with Crippen molar-refractivity contribution < 1.29 is 0 Å². The van der Waals surface area contributed by atoms with E-state index in [4.69, 9.17) is 4.98 Å². The second kappa shape index (κ2) is 8.15. The Labute approximate surface area is 215 Å². The Hall–Kier alpha value is -2.75. The first-order chi connectivity index (χ1) is 16.7. The van der Waals surface area contributed by atoms with Crippen LogP contribution in [-0.2, 0) is 11.8 Å². The van der Waals surface area contributed by atoms with Crippen LogP contribution >= 0.6 is 22.7 Å². The van der Waals surface area contributed by atoms with Crippen LogP contribution in [0.5, 0.6) is 0 Å². The zero-order chi connectivity index (χ0) is 24.5. The van der Waals surface area contributed by atoms with Crippen LogP contribution in [0.4, 0.5) is 0 Å². The van der Waals surface area contributed by atoms with E-state index in [9.17, 15) is 0 Å². The van der Waals surface area contributed by atoms with Gasteiger partial charge in [-0.1, -0.05) is 58.9 Å². The van der Waals surface area contributed by atoms with Crippen molar-refractivity contribution in [1.82, 2.24) is 4.98 Å². The van der Waals surface area contributed by atoms with Gasteiger partial charge in [-0.2, -0.15) is 0 Å². The number of hydrogen-bond acceptors (Lipinski definition) is 3. The van der Waals surface area contributed by atoms with Gasteiger partial charge in [0, 0.05) is 41.5 Å². The largest absolute Gasteiger partial charge is 0.256 e. The third kappa shape index (κ3) is 3.77. The van der Waals surface area contributed by atoms with Gasteiger partial charge in [0.25, 0.3) is 0 Å². The van der Waals surface area contributed by atoms with Crippen molar-refractivity contribution in [1.29, 1.82) is 0 Å². The average Bonchev–Trinajstić information content (AvgIpc) is 3.32. The summed E-state index contributed by atoms with van der Waals surface area (Å²) in [6.07, 6.45) is 3.13. The Morgan fingerprint density at radius 3 is 2.37 bits per heavy atom. The molecule has 0 amide bonds. The summed E-state index contributed by atoms with van der Waals surface area (Å²) in [5, 5.41) is 6.65. The minimum absolute atomic E-state index is 0.0486. The second-order valence-electron chi connectivity index (χ2n) is 11.2. The van der Waals surface area contributed by atoms with Crippen LogP contribution in [0.2, 0.25) is 0 Å². The Kier molecular flexibility index (Phi) is 5.28. The van der Waals surface area contributed by atoms with E-state index >= 15 is 0 Å². The van der Waals surface area contributed by atoms with Crippen molar-refractivity contribution in [3.05, 3.63) is 76.8 Å². The Bertz CT molecular complexity index is 1740. The van der Waals surface area contributed by atoms with Gasteiger partial charge in [0.05, 0.1) is 5.69 Å². The molecule has 1 nitrogen and oxygen atoms in total. The number of nitrogens with zero attached hydrogens (tertiary/aromatic N) is 1. The van der Waals surface area contributed by atoms with Gasteiger partial charge in [-0.15, -0.1) is 22.7 Å². The summed E-state index contributed by atoms with van der Waals surface area (Å²) < 4.78 is 4.08. The van der Waals surface area contributed by atoms with E-state index < -0.39 is 0 Å². The van der Waals surface area contributed by atoms with Crippen LogP contribution in [0, 0.1) is 12.8 Å². The summed E-state index contributed by atoms with van der Waals surface area (Å²) in [4.78, 5) is 6.51. The maximum Gasteiger partial charge on any atom is 0.0795 e. The molecular formula is C32H31NS2. The van der Waals surface area contributed by atoms with E-state index in [0.717, 1.165) is 12.1 Å². The molecule has 0 aliphatic heterocycles. The van der Waals surface area contributed by atoms with Crippen LogP contribution in [0.25, 0.3) is 52.3 Å². The predicted molar refractivity (Wildman–Crippen MR) is 157 cm³/mol. The van der Waals surface area contributed by atoms with Crippen LogP contribution in [0.1, 0.15) is 50.6 Å². The normalized spacial score (nSPS) is 12.7. The van der Waals surface area contributed by atoms with Crippen LogP contribution in [-0.4, -0.2) is 4.98 Å². The molecule has 0 unspecified atom stereocenters. The molecule has 6 rings (SSSR count). The fourth-order valence-electron chi connectivity index (χ4n) is 5.34. The van der Waals surface area contributed by atoms with Gasteiger partial charge in [0.2, 0.25) is 0 Å². The standard InChI is InChI=1S/C32H31NS2/c1-18(2)13-27-19(3)23-16-24-29(17-28(23)35-27)34-26-11-12-33-31(30(24)26)21-14-20-9-7-8-10-22(20)25(15-21)32(4,5)6/h7-12,14-18H,13H2,1-6H3. The fraction of sp³-hybridized carbons (Fsp3) is 0.281. The van der Waals surface area contributed by atoms with Crippen molar-refractivity contribution >= 4 is 63.7 Å². The maximum atomic E-state index is 4.99. The molecule has 0 radical (unpaired) electrons. The summed E-state index contributed by atoms with van der Waals surface area (Å²) >= 11 is 3.87. The minimum Gasteiger partial charge on any atom is -0.256 e. The van der Waals surface area contributed by atoms with E-state index in [1.165, 1.54) is 62.6 Å². The number of aromatic nitrogens is 1. The predicted octanol–water partition coefficient (Wildman–Crippen LogP) is 10.3. The lowest BCUT2D eigenvalue weighted by Gasteiger charge is -2.23. The molecule has 3 heteroatoms. The second-order valence-corrected chi connectivity index (χ2v) is 13.4. The molecule has 0 saturated heterocycles. The van der Waals surface area contributed by atoms with E-state index in [2.05, 4.69) is 96.1 Å². The van der Waals surface area contributed by atoms with Gasteiger partial charge in [-0.3, -0.25) is 4.98 Å². The van der Waals surface area contributed by atoms with Crippen molar-refractivity contribution in [2.24, 2.45) is 5.92 Å². The SMILES string of the molecule is Cc1c(CC(C)C)sc2cc3sc4ccnc(-c5cc(C(C)(C)C)c6ccccc6c5)c4c3cc12. The first kappa shape index (κ1) is 22.7. The number of hydrogen-bond donors (Lipinski definition) is 0. The number of pyridine rings is 1. The molecule has 0 aliphatic rings. The summed E-state index contributed by atoms with van der Waals surface area (Å²) in [6.45, 7) is 13.8. The first-order valence-corrected chi connectivity index (χ1v) is 14.1. The molecule has 0 fully saturated rings. The highest BCUT2D eigenvalue weighted by atomic mass is 32.1. The fourth-order valence-corrected chi connectivity index (χ4v) is 7.98. The van der Waals surface area contributed by atoms with Gasteiger partial charge in [0.1, 0.15) is 0 Å². The first-order valence-electron chi connectivity index (χ1n) is 12.5. The zero-order valence-corrected chi connectivity index (χ0v) is 23.0. The molecule has 0 atom stereocenters. The lowest BCUT2D eigenvalue weighted by Crippen LogP contribution is -2.12. The van der Waals surface area contributed by atoms with E-state index in [1.54, 1.807) is 0 Å². The third-order valence-corrected chi connectivity index (χ3v) is 9.47. The number of thiophene rings is 2. The number of rotatable bonds is 3. The van der Waals surface area contributed by atoms with Crippen molar-refractivity contribution in [3.63, 3.8) is 0 Å². The molecule has 176 valence electrons. The number of benzene rings is 3. The molecule has 6 aromatic rings. The molecular weight excluding hydrogens is 462 g/mol. The lowest BCUT2D eigenvalue weighted by atomic mass is 9.82. The van der Waals surface area contributed by atoms with Crippen molar-refractivity contribution in [2.75, 3.05) is 0 Å². The zero-order valence-electron chi connectivity index (χ0n) is 21.3. The van der Waals surface area contributed by atoms with E-state index in [0.29, 0.717) is 5.92 Å². The van der Waals surface area contributed by atoms with Gasteiger partial charge in [0.15, 0.2) is 0 Å². The molecule has 0 saturated carbocycles. The third-order valence-electron chi connectivity index (χ3n) is 7.08. The molecule has 0 bridgehead atoms. The molecule has 0 aliphatic carbocycles. The molecule has 0 spiro atoms. The van der Waals surface area contributed by atoms with Gasteiger partial charge < -0.3 is 0 Å². The highest BCUT2D eigenvalue weighted by Crippen LogP contribution is 2.44. The molecule has 3 aromatic heterocycles. The monoisotopic (exact) mass is 493 g/mol. The smallest absolute Gasteiger partial charge is 0.0795 e. The summed E-state index contributed by atoms with van der Waals surface area (Å²) in [6, 6.07) is 20.5. The lowest BCUT2D eigenvalue weighted by molar-refractivity contribution is 0.596. The van der Waals surface area contributed by atoms with Gasteiger partial charge >= 0.3 is 0 Å². The Morgan fingerprint density at radius 1 is 0.829 bits per heavy atom. The average molecular weight is 494 g/mol. The quantitative estimate of drug-likeness (QED) is 0.239. The molecule has 3 heterocycles. The topological polar surface area (TPSA) is 12.9 Å². The Balaban J connectivity index is 1.65. The van der Waals surface area contributed by atoms with Gasteiger partial charge in [-0.05, 0) is 82.3 Å². The minimum atomic E-state index is 0.0486. The van der Waals surface area contributed by atoms with Crippen molar-refractivity contribution in [3.8, 4) is 11.3 Å². The highest BCUT2D eigenvalue weighted by molar-refractivity contribution is 7.26. The summed E-state index contributed by atoms with van der Waals surface area (Å²) in [7, 11) is 0. The van der Waals surface area contributed by atoms with E-state index in [-0.39, 0.29) is 5.41 Å². The molecule has 35 heavy (non-hydrogen) atoms. The van der Waals surface area contributed by atoms with Crippen LogP contribution < -0.4 is 0 Å². The Morgan fingerprint density at radius 2 is 1.60 bits per heavy atom. The molecule has 0 N–H and O–H groups in total. The highest BCUT2D eigenvalue weighted by Gasteiger charge is 2.21. The van der Waals surface area contributed by atoms with Gasteiger partial charge in [-0.25, -0.2) is 0 Å².